The van der Waals surface area contributed by atoms with Gasteiger partial charge in [-0.3, -0.25) is 4.90 Å². The molecule has 2 heterocycles. The minimum Gasteiger partial charge on any atom is -0.480 e. The van der Waals surface area contributed by atoms with E-state index in [1.165, 1.54) is 16.7 Å². The van der Waals surface area contributed by atoms with Crippen molar-refractivity contribution in [2.75, 3.05) is 32.9 Å². The highest BCUT2D eigenvalue weighted by Crippen LogP contribution is 2.30. The highest BCUT2D eigenvalue weighted by Gasteiger charge is 2.42. The van der Waals surface area contributed by atoms with Crippen molar-refractivity contribution >= 4 is 23.8 Å². The molecule has 0 aromatic heterocycles. The van der Waals surface area contributed by atoms with E-state index in [1.54, 1.807) is 11.9 Å². The molecule has 0 aromatic carbocycles. The van der Waals surface area contributed by atoms with Gasteiger partial charge in [-0.15, -0.1) is 11.8 Å². The molecule has 3 unspecified atom stereocenters. The summed E-state index contributed by atoms with van der Waals surface area (Å²) in [5.74, 6) is -0.440. The molecule has 0 bridgehead atoms. The Morgan fingerprint density at radius 1 is 1.40 bits per heavy atom. The van der Waals surface area contributed by atoms with Crippen molar-refractivity contribution in [3.8, 4) is 0 Å². The summed E-state index contributed by atoms with van der Waals surface area (Å²) in [4.78, 5) is 29.4. The van der Waals surface area contributed by atoms with Crippen LogP contribution in [-0.4, -0.2) is 82.2 Å². The molecule has 1 N–H and O–H groups in total. The quantitative estimate of drug-likeness (QED) is 0.824. The first kappa shape index (κ1) is 15.4. The van der Waals surface area contributed by atoms with Gasteiger partial charge in [-0.2, -0.15) is 0 Å². The molecule has 2 fully saturated rings. The van der Waals surface area contributed by atoms with Crippen molar-refractivity contribution in [2.45, 2.75) is 37.2 Å². The van der Waals surface area contributed by atoms with E-state index in [9.17, 15) is 14.7 Å². The van der Waals surface area contributed by atoms with E-state index in [4.69, 9.17) is 0 Å². The van der Waals surface area contributed by atoms with Gasteiger partial charge >= 0.3 is 12.0 Å². The van der Waals surface area contributed by atoms with Crippen molar-refractivity contribution in [1.82, 2.24) is 14.7 Å². The average molecular weight is 301 g/mol. The van der Waals surface area contributed by atoms with Gasteiger partial charge in [-0.1, -0.05) is 0 Å². The van der Waals surface area contributed by atoms with Crippen LogP contribution in [0.3, 0.4) is 0 Å². The maximum atomic E-state index is 12.6. The molecule has 2 amide bonds. The highest BCUT2D eigenvalue weighted by molar-refractivity contribution is 8.00. The lowest BCUT2D eigenvalue weighted by Gasteiger charge is -2.39. The Hall–Kier alpha value is -0.950. The molecule has 0 radical (unpaired) electrons. The third kappa shape index (κ3) is 3.03. The molecular weight excluding hydrogens is 278 g/mol. The summed E-state index contributed by atoms with van der Waals surface area (Å²) in [6, 6.07) is -0.685. The van der Waals surface area contributed by atoms with Crippen molar-refractivity contribution < 1.29 is 14.7 Å². The van der Waals surface area contributed by atoms with Gasteiger partial charge < -0.3 is 14.9 Å². The number of nitrogens with zero attached hydrogens (tertiary/aromatic N) is 3. The van der Waals surface area contributed by atoms with Crippen LogP contribution >= 0.6 is 11.8 Å². The summed E-state index contributed by atoms with van der Waals surface area (Å²) in [7, 11) is 3.85. The van der Waals surface area contributed by atoms with E-state index >= 15 is 0 Å². The Balaban J connectivity index is 2.06. The summed E-state index contributed by atoms with van der Waals surface area (Å²) in [6.07, 6.45) is 2.06. The maximum Gasteiger partial charge on any atom is 0.327 e. The topological polar surface area (TPSA) is 64.1 Å². The molecule has 114 valence electrons. The number of carboxylic acid groups (broad SMARTS) is 1. The van der Waals surface area contributed by atoms with E-state index in [1.807, 2.05) is 6.92 Å². The van der Waals surface area contributed by atoms with E-state index in [2.05, 4.69) is 11.9 Å². The zero-order valence-electron chi connectivity index (χ0n) is 12.3. The minimum absolute atomic E-state index is 0.0765. The molecule has 0 aliphatic carbocycles. The number of likely N-dealkylation sites (tertiary alicyclic amines) is 1. The Morgan fingerprint density at radius 3 is 2.70 bits per heavy atom. The number of aliphatic carboxylic acids is 1. The molecule has 2 aliphatic rings. The zero-order valence-corrected chi connectivity index (χ0v) is 13.1. The van der Waals surface area contributed by atoms with Crippen LogP contribution in [0, 0.1) is 0 Å². The number of urea groups is 1. The molecule has 2 saturated heterocycles. The molecule has 0 aromatic rings. The lowest BCUT2D eigenvalue weighted by molar-refractivity contribution is -0.141. The number of hydrogen-bond acceptors (Lipinski definition) is 4. The van der Waals surface area contributed by atoms with Crippen molar-refractivity contribution in [1.29, 1.82) is 0 Å². The fourth-order valence-electron chi connectivity index (χ4n) is 2.92. The van der Waals surface area contributed by atoms with Crippen LogP contribution in [0.2, 0.25) is 0 Å². The Morgan fingerprint density at radius 2 is 2.10 bits per heavy atom. The fourth-order valence-corrected chi connectivity index (χ4v) is 4.08. The van der Waals surface area contributed by atoms with Crippen molar-refractivity contribution in [3.05, 3.63) is 0 Å². The first-order valence-corrected chi connectivity index (χ1v) is 8.04. The van der Waals surface area contributed by atoms with E-state index in [0.717, 1.165) is 25.9 Å². The number of carbonyl (C=O) groups excluding carboxylic acids is 1. The van der Waals surface area contributed by atoms with Crippen LogP contribution < -0.4 is 0 Å². The number of hydrogen-bond donors (Lipinski definition) is 1. The molecule has 0 saturated carbocycles. The molecular formula is C13H23N3O3S. The Labute approximate surface area is 124 Å². The van der Waals surface area contributed by atoms with Gasteiger partial charge in [0.1, 0.15) is 6.04 Å². The molecule has 7 heteroatoms. The number of likely N-dealkylation sites (N-methyl/N-ethyl adjacent to an activating group) is 2. The van der Waals surface area contributed by atoms with Gasteiger partial charge in [-0.25, -0.2) is 9.59 Å². The molecule has 2 aliphatic heterocycles. The van der Waals surface area contributed by atoms with Gasteiger partial charge in [0, 0.05) is 25.4 Å². The second kappa shape index (κ2) is 6.22. The monoisotopic (exact) mass is 301 g/mol. The summed E-state index contributed by atoms with van der Waals surface area (Å²) in [5.41, 5.74) is 0. The van der Waals surface area contributed by atoms with Crippen LogP contribution in [0.25, 0.3) is 0 Å². The van der Waals surface area contributed by atoms with Gasteiger partial charge in [0.2, 0.25) is 0 Å². The predicted octanol–water partition coefficient (Wildman–Crippen LogP) is 0.980. The first-order chi connectivity index (χ1) is 9.41. The van der Waals surface area contributed by atoms with Crippen molar-refractivity contribution in [3.63, 3.8) is 0 Å². The van der Waals surface area contributed by atoms with Crippen LogP contribution in [0.4, 0.5) is 4.79 Å². The largest absolute Gasteiger partial charge is 0.480 e. The maximum absolute atomic E-state index is 12.6. The number of amides is 2. The van der Waals surface area contributed by atoms with Crippen LogP contribution in [0.15, 0.2) is 0 Å². The van der Waals surface area contributed by atoms with Gasteiger partial charge in [0.05, 0.1) is 5.37 Å². The summed E-state index contributed by atoms with van der Waals surface area (Å²) in [6.45, 7) is 3.81. The second-order valence-corrected chi connectivity index (χ2v) is 6.99. The van der Waals surface area contributed by atoms with Gasteiger partial charge in [0.15, 0.2) is 0 Å². The number of piperidine rings is 1. The standard InChI is InChI=1S/C13H23N3O3S/c1-9-16(11(8-20-9)12(17)18)13(19)15(3)10-5-4-6-14(2)7-10/h9-11H,4-8H2,1-3H3,(H,17,18). The third-order valence-electron chi connectivity index (χ3n) is 4.18. The zero-order chi connectivity index (χ0) is 14.9. The van der Waals surface area contributed by atoms with E-state index in [-0.39, 0.29) is 17.4 Å². The number of thioether (sulfide) groups is 1. The lowest BCUT2D eigenvalue weighted by Crippen LogP contribution is -2.55. The SMILES string of the molecule is CC1SCC(C(=O)O)N1C(=O)N(C)C1CCCN(C)C1. The second-order valence-electron chi connectivity index (χ2n) is 5.65. The number of carbonyl (C=O) groups is 2. The highest BCUT2D eigenvalue weighted by atomic mass is 32.2. The van der Waals surface area contributed by atoms with Gasteiger partial charge in [0.25, 0.3) is 0 Å². The normalized spacial score (nSPS) is 31.4. The molecule has 20 heavy (non-hydrogen) atoms. The van der Waals surface area contributed by atoms with Gasteiger partial charge in [-0.05, 0) is 33.4 Å². The average Bonchev–Trinajstić information content (AvgIpc) is 2.79. The molecule has 2 rings (SSSR count). The van der Waals surface area contributed by atoms with E-state index in [0.29, 0.717) is 5.75 Å². The smallest absolute Gasteiger partial charge is 0.327 e. The molecule has 3 atom stereocenters. The third-order valence-corrected chi connectivity index (χ3v) is 5.40. The minimum atomic E-state index is -0.913. The summed E-state index contributed by atoms with van der Waals surface area (Å²) in [5, 5.41) is 9.17. The van der Waals surface area contributed by atoms with Crippen LogP contribution in [-0.2, 0) is 4.79 Å². The lowest BCUT2D eigenvalue weighted by atomic mass is 10.1. The van der Waals surface area contributed by atoms with E-state index < -0.39 is 12.0 Å². The predicted molar refractivity (Wildman–Crippen MR) is 78.9 cm³/mol. The fraction of sp³-hybridized carbons (Fsp3) is 0.846. The molecule has 6 nitrogen and oxygen atoms in total. The first-order valence-electron chi connectivity index (χ1n) is 7.00. The van der Waals surface area contributed by atoms with Crippen LogP contribution in [0.5, 0.6) is 0 Å². The number of rotatable bonds is 2. The summed E-state index contributed by atoms with van der Waals surface area (Å²) < 4.78 is 0. The Bertz CT molecular complexity index is 393. The number of carboxylic acids is 1. The summed E-state index contributed by atoms with van der Waals surface area (Å²) >= 11 is 1.52. The molecule has 0 spiro atoms. The Kier molecular flexibility index (Phi) is 4.80. The van der Waals surface area contributed by atoms with Crippen LogP contribution in [0.1, 0.15) is 19.8 Å². The van der Waals surface area contributed by atoms with Crippen molar-refractivity contribution in [2.24, 2.45) is 0 Å².